The Morgan fingerprint density at radius 3 is 2.57 bits per heavy atom. The van der Waals surface area contributed by atoms with Crippen LogP contribution in [0.1, 0.15) is 12.3 Å². The van der Waals surface area contributed by atoms with Gasteiger partial charge in [0.25, 0.3) is 0 Å². The van der Waals surface area contributed by atoms with E-state index >= 15 is 0 Å². The van der Waals surface area contributed by atoms with Crippen molar-refractivity contribution in [2.75, 3.05) is 26.6 Å². The van der Waals surface area contributed by atoms with E-state index in [0.29, 0.717) is 41.1 Å². The van der Waals surface area contributed by atoms with Crippen LogP contribution < -0.4 is 19.5 Å². The Balaban J connectivity index is 1.64. The molecule has 1 heterocycles. The normalized spacial score (nSPS) is 10.4. The van der Waals surface area contributed by atoms with E-state index < -0.39 is 0 Å². The Hall–Kier alpha value is -3.55. The number of aryl methyl sites for hydroxylation is 1. The maximum absolute atomic E-state index is 12.3. The molecule has 0 fully saturated rings. The number of carbonyl (C=O) groups excluding carboxylic acids is 1. The van der Waals surface area contributed by atoms with Gasteiger partial charge in [0, 0.05) is 18.9 Å². The number of ether oxygens (including phenoxy) is 3. The first kappa shape index (κ1) is 19.2. The van der Waals surface area contributed by atoms with Crippen LogP contribution in [0.4, 0.5) is 5.69 Å². The molecule has 1 aromatic heterocycles. The number of nitrogens with zero attached hydrogens (tertiary/aromatic N) is 2. The fourth-order valence-electron chi connectivity index (χ4n) is 2.64. The molecule has 0 aliphatic carbocycles. The third-order valence-corrected chi connectivity index (χ3v) is 4.06. The molecule has 0 aliphatic rings. The first-order chi connectivity index (χ1) is 13.6. The van der Waals surface area contributed by atoms with Crippen LogP contribution in [0.15, 0.2) is 47.0 Å². The number of rotatable bonds is 8. The van der Waals surface area contributed by atoms with E-state index in [4.69, 9.17) is 18.7 Å². The Morgan fingerprint density at radius 2 is 1.82 bits per heavy atom. The average molecular weight is 383 g/mol. The molecule has 3 aromatic rings. The molecule has 0 spiro atoms. The van der Waals surface area contributed by atoms with Gasteiger partial charge in [-0.3, -0.25) is 4.79 Å². The van der Waals surface area contributed by atoms with Gasteiger partial charge in [-0.1, -0.05) is 17.3 Å². The average Bonchev–Trinajstić information content (AvgIpc) is 3.21. The third-order valence-electron chi connectivity index (χ3n) is 4.06. The molecule has 0 bridgehead atoms. The van der Waals surface area contributed by atoms with Gasteiger partial charge < -0.3 is 24.1 Å². The van der Waals surface area contributed by atoms with Crippen molar-refractivity contribution < 1.29 is 23.5 Å². The fourth-order valence-corrected chi connectivity index (χ4v) is 2.64. The molecule has 0 saturated carbocycles. The molecule has 0 radical (unpaired) electrons. The lowest BCUT2D eigenvalue weighted by Gasteiger charge is -2.11. The quantitative estimate of drug-likeness (QED) is 0.637. The van der Waals surface area contributed by atoms with Gasteiger partial charge in [-0.25, -0.2) is 0 Å². The first-order valence-corrected chi connectivity index (χ1v) is 8.62. The van der Waals surface area contributed by atoms with E-state index in [1.807, 2.05) is 24.3 Å². The highest BCUT2D eigenvalue weighted by molar-refractivity contribution is 5.92. The number of aromatic nitrogens is 2. The molecule has 3 rings (SSSR count). The van der Waals surface area contributed by atoms with Crippen LogP contribution in [-0.2, 0) is 11.2 Å². The first-order valence-electron chi connectivity index (χ1n) is 8.62. The Kier molecular flexibility index (Phi) is 6.11. The molecule has 1 amide bonds. The lowest BCUT2D eigenvalue weighted by atomic mass is 10.2. The van der Waals surface area contributed by atoms with Gasteiger partial charge in [-0.05, 0) is 24.3 Å². The summed E-state index contributed by atoms with van der Waals surface area (Å²) in [5.41, 5.74) is 1.26. The van der Waals surface area contributed by atoms with Crippen LogP contribution in [0.25, 0.3) is 11.4 Å². The SMILES string of the molecule is COc1ccc(OC)c(NC(=O)CCc2nc(-c3ccccc3OC)no2)c1. The van der Waals surface area contributed by atoms with Crippen molar-refractivity contribution in [1.82, 2.24) is 10.1 Å². The molecular weight excluding hydrogens is 362 g/mol. The van der Waals surface area contributed by atoms with Gasteiger partial charge in [0.2, 0.25) is 17.6 Å². The second kappa shape index (κ2) is 8.90. The summed E-state index contributed by atoms with van der Waals surface area (Å²) in [6.45, 7) is 0. The number of hydrogen-bond donors (Lipinski definition) is 1. The minimum absolute atomic E-state index is 0.175. The largest absolute Gasteiger partial charge is 0.497 e. The van der Waals surface area contributed by atoms with Crippen molar-refractivity contribution in [3.63, 3.8) is 0 Å². The molecular formula is C20H21N3O5. The molecule has 0 atom stereocenters. The zero-order chi connectivity index (χ0) is 19.9. The van der Waals surface area contributed by atoms with E-state index in [0.717, 1.165) is 5.56 Å². The second-order valence-electron chi connectivity index (χ2n) is 5.83. The number of hydrogen-bond acceptors (Lipinski definition) is 7. The zero-order valence-electron chi connectivity index (χ0n) is 15.9. The molecule has 146 valence electrons. The lowest BCUT2D eigenvalue weighted by Crippen LogP contribution is -2.13. The van der Waals surface area contributed by atoms with Crippen molar-refractivity contribution in [2.24, 2.45) is 0 Å². The summed E-state index contributed by atoms with van der Waals surface area (Å²) in [7, 11) is 4.68. The van der Waals surface area contributed by atoms with Crippen molar-refractivity contribution in [1.29, 1.82) is 0 Å². The summed E-state index contributed by atoms with van der Waals surface area (Å²) in [4.78, 5) is 16.7. The number of para-hydroxylation sites is 1. The zero-order valence-corrected chi connectivity index (χ0v) is 15.9. The van der Waals surface area contributed by atoms with E-state index in [1.165, 1.54) is 7.11 Å². The maximum Gasteiger partial charge on any atom is 0.227 e. The Bertz CT molecular complexity index is 955. The molecule has 28 heavy (non-hydrogen) atoms. The number of benzene rings is 2. The minimum atomic E-state index is -0.205. The van der Waals surface area contributed by atoms with Gasteiger partial charge in [0.15, 0.2) is 0 Å². The van der Waals surface area contributed by atoms with Crippen LogP contribution >= 0.6 is 0 Å². The van der Waals surface area contributed by atoms with Crippen LogP contribution in [0.5, 0.6) is 17.2 Å². The summed E-state index contributed by atoms with van der Waals surface area (Å²) in [5, 5.41) is 6.78. The highest BCUT2D eigenvalue weighted by Crippen LogP contribution is 2.29. The summed E-state index contributed by atoms with van der Waals surface area (Å²) in [5.74, 6) is 2.40. The highest BCUT2D eigenvalue weighted by atomic mass is 16.5. The van der Waals surface area contributed by atoms with Gasteiger partial charge in [-0.2, -0.15) is 4.98 Å². The molecule has 8 nitrogen and oxygen atoms in total. The third kappa shape index (κ3) is 4.40. The van der Waals surface area contributed by atoms with E-state index in [-0.39, 0.29) is 12.3 Å². The Labute approximate surface area is 162 Å². The monoisotopic (exact) mass is 383 g/mol. The minimum Gasteiger partial charge on any atom is -0.497 e. The standard InChI is InChI=1S/C20H21N3O5/c1-25-13-8-9-17(27-3)15(12-13)21-18(24)10-11-19-22-20(23-28-19)14-6-4-5-7-16(14)26-2/h4-9,12H,10-11H2,1-3H3,(H,21,24). The molecule has 2 aromatic carbocycles. The van der Waals surface area contributed by atoms with E-state index in [1.54, 1.807) is 32.4 Å². The summed E-state index contributed by atoms with van der Waals surface area (Å²) in [6, 6.07) is 12.6. The second-order valence-corrected chi connectivity index (χ2v) is 5.83. The maximum atomic E-state index is 12.3. The molecule has 0 aliphatic heterocycles. The molecule has 0 saturated heterocycles. The summed E-state index contributed by atoms with van der Waals surface area (Å²) in [6.07, 6.45) is 0.480. The smallest absolute Gasteiger partial charge is 0.227 e. The van der Waals surface area contributed by atoms with Crippen LogP contribution in [0.2, 0.25) is 0 Å². The van der Waals surface area contributed by atoms with Crippen molar-refractivity contribution >= 4 is 11.6 Å². The number of carbonyl (C=O) groups is 1. The summed E-state index contributed by atoms with van der Waals surface area (Å²) < 4.78 is 21.0. The summed E-state index contributed by atoms with van der Waals surface area (Å²) >= 11 is 0. The molecule has 8 heteroatoms. The van der Waals surface area contributed by atoms with Crippen LogP contribution in [0.3, 0.4) is 0 Å². The fraction of sp³-hybridized carbons (Fsp3) is 0.250. The van der Waals surface area contributed by atoms with Crippen molar-refractivity contribution in [3.8, 4) is 28.6 Å². The van der Waals surface area contributed by atoms with Crippen molar-refractivity contribution in [3.05, 3.63) is 48.4 Å². The number of methoxy groups -OCH3 is 3. The van der Waals surface area contributed by atoms with Gasteiger partial charge in [0.05, 0.1) is 32.6 Å². The predicted molar refractivity (Wildman–Crippen MR) is 103 cm³/mol. The van der Waals surface area contributed by atoms with Crippen molar-refractivity contribution in [2.45, 2.75) is 12.8 Å². The topological polar surface area (TPSA) is 95.7 Å². The van der Waals surface area contributed by atoms with Crippen LogP contribution in [0, 0.1) is 0 Å². The van der Waals surface area contributed by atoms with Crippen LogP contribution in [-0.4, -0.2) is 37.4 Å². The van der Waals surface area contributed by atoms with Gasteiger partial charge in [-0.15, -0.1) is 0 Å². The van der Waals surface area contributed by atoms with E-state index in [9.17, 15) is 4.79 Å². The number of nitrogens with one attached hydrogen (secondary N) is 1. The van der Waals surface area contributed by atoms with E-state index in [2.05, 4.69) is 15.5 Å². The predicted octanol–water partition coefficient (Wildman–Crippen LogP) is 3.33. The molecule has 0 unspecified atom stereocenters. The molecule has 1 N–H and O–H groups in total. The lowest BCUT2D eigenvalue weighted by molar-refractivity contribution is -0.116. The number of amides is 1. The highest BCUT2D eigenvalue weighted by Gasteiger charge is 2.15. The van der Waals surface area contributed by atoms with Gasteiger partial charge in [0.1, 0.15) is 17.2 Å². The van der Waals surface area contributed by atoms with Gasteiger partial charge >= 0.3 is 0 Å². The Morgan fingerprint density at radius 1 is 1.04 bits per heavy atom. The number of anilines is 1.